The Bertz CT molecular complexity index is 1300. The Hall–Kier alpha value is -3.35. The van der Waals surface area contributed by atoms with E-state index in [0.29, 0.717) is 35.4 Å². The lowest BCUT2D eigenvalue weighted by Crippen LogP contribution is -2.42. The minimum Gasteiger partial charge on any atom is -0.384 e. The number of thiophene rings is 1. The fourth-order valence-corrected chi connectivity index (χ4v) is 6.92. The van der Waals surface area contributed by atoms with Crippen molar-refractivity contribution in [1.29, 1.82) is 10.5 Å². The molecule has 6 heteroatoms. The van der Waals surface area contributed by atoms with Gasteiger partial charge in [0.2, 0.25) is 0 Å². The van der Waals surface area contributed by atoms with Crippen molar-refractivity contribution in [1.82, 2.24) is 0 Å². The first kappa shape index (κ1) is 21.5. The Kier molecular flexibility index (Phi) is 5.15. The quantitative estimate of drug-likeness (QED) is 0.652. The second-order valence-corrected chi connectivity index (χ2v) is 11.0. The van der Waals surface area contributed by atoms with Crippen LogP contribution < -0.4 is 10.6 Å². The van der Waals surface area contributed by atoms with E-state index in [2.05, 4.69) is 26.0 Å². The summed E-state index contributed by atoms with van der Waals surface area (Å²) in [5.74, 6) is -0.0861. The van der Waals surface area contributed by atoms with Crippen LogP contribution in [0.4, 0.5) is 5.00 Å². The minimum atomic E-state index is -0.480. The summed E-state index contributed by atoms with van der Waals surface area (Å²) in [4.78, 5) is 16.7. The van der Waals surface area contributed by atoms with Gasteiger partial charge < -0.3 is 5.73 Å². The number of nitrogens with two attached hydrogens (primary N) is 1. The lowest BCUT2D eigenvalue weighted by Gasteiger charge is -2.43. The van der Waals surface area contributed by atoms with Crippen molar-refractivity contribution < 1.29 is 4.79 Å². The van der Waals surface area contributed by atoms with E-state index in [1.54, 1.807) is 11.3 Å². The molecule has 1 aliphatic heterocycles. The molecule has 1 aromatic carbocycles. The van der Waals surface area contributed by atoms with Gasteiger partial charge in [0, 0.05) is 22.6 Å². The molecule has 0 unspecified atom stereocenters. The van der Waals surface area contributed by atoms with E-state index in [-0.39, 0.29) is 11.2 Å². The topological polar surface area (TPSA) is 93.9 Å². The fourth-order valence-electron chi connectivity index (χ4n) is 5.54. The first-order valence-electron chi connectivity index (χ1n) is 11.4. The molecule has 2 aromatic rings. The highest BCUT2D eigenvalue weighted by atomic mass is 32.1. The Morgan fingerprint density at radius 2 is 1.82 bits per heavy atom. The summed E-state index contributed by atoms with van der Waals surface area (Å²) in [6, 6.07) is 14.4. The number of allylic oxidation sites excluding steroid dienone is 3. The van der Waals surface area contributed by atoms with Gasteiger partial charge in [0.1, 0.15) is 16.9 Å². The standard InChI is InChI=1S/C27H26N4OS/c1-27(2)12-20-24(21(32)13-27)23(16-8-4-3-5-9-16)19(15-29)25(30)31(20)26-18(14-28)17-10-6-7-11-22(17)33-26/h3-5,8-9,23H,6-7,10-13,30H2,1-2H3/t23-/m0/s1. The lowest BCUT2D eigenvalue weighted by atomic mass is 9.68. The molecule has 5 nitrogen and oxygen atoms in total. The van der Waals surface area contributed by atoms with Gasteiger partial charge in [-0.2, -0.15) is 10.5 Å². The molecule has 0 saturated carbocycles. The summed E-state index contributed by atoms with van der Waals surface area (Å²) in [6.45, 7) is 4.18. The van der Waals surface area contributed by atoms with Gasteiger partial charge in [0.25, 0.3) is 0 Å². The van der Waals surface area contributed by atoms with Crippen molar-refractivity contribution in [3.8, 4) is 12.1 Å². The average Bonchev–Trinajstić information content (AvgIpc) is 3.16. The van der Waals surface area contributed by atoms with Gasteiger partial charge in [-0.25, -0.2) is 0 Å². The SMILES string of the molecule is CC1(C)CC(=O)C2=C(C1)N(c1sc3c(c1C#N)CCCC3)C(N)=C(C#N)[C@@H]2c1ccccc1. The molecule has 3 aliphatic rings. The van der Waals surface area contributed by atoms with E-state index < -0.39 is 5.92 Å². The number of fused-ring (bicyclic) bond motifs is 1. The summed E-state index contributed by atoms with van der Waals surface area (Å²) >= 11 is 1.60. The molecular formula is C27H26N4OS. The number of carbonyl (C=O) groups is 1. The molecule has 33 heavy (non-hydrogen) atoms. The number of benzene rings is 1. The third-order valence-corrected chi connectivity index (χ3v) is 8.26. The predicted molar refractivity (Wildman–Crippen MR) is 129 cm³/mol. The first-order valence-corrected chi connectivity index (χ1v) is 12.2. The summed E-state index contributed by atoms with van der Waals surface area (Å²) in [7, 11) is 0. The number of hydrogen-bond acceptors (Lipinski definition) is 6. The van der Waals surface area contributed by atoms with Crippen LogP contribution in [0.3, 0.4) is 0 Å². The van der Waals surface area contributed by atoms with E-state index in [0.717, 1.165) is 47.5 Å². The van der Waals surface area contributed by atoms with Crippen LogP contribution in [0.5, 0.6) is 0 Å². The van der Waals surface area contributed by atoms with Gasteiger partial charge in [-0.15, -0.1) is 11.3 Å². The molecular weight excluding hydrogens is 428 g/mol. The molecule has 1 aromatic heterocycles. The normalized spacial score (nSPS) is 21.9. The summed E-state index contributed by atoms with van der Waals surface area (Å²) < 4.78 is 0. The fraction of sp³-hybridized carbons (Fsp3) is 0.370. The van der Waals surface area contributed by atoms with Crippen LogP contribution in [0.15, 0.2) is 53.0 Å². The molecule has 5 rings (SSSR count). The van der Waals surface area contributed by atoms with Gasteiger partial charge in [-0.1, -0.05) is 44.2 Å². The maximum absolute atomic E-state index is 13.6. The highest BCUT2D eigenvalue weighted by molar-refractivity contribution is 7.16. The summed E-state index contributed by atoms with van der Waals surface area (Å²) in [5, 5.41) is 21.1. The Labute approximate surface area is 198 Å². The minimum absolute atomic E-state index is 0.0557. The van der Waals surface area contributed by atoms with Crippen LogP contribution >= 0.6 is 11.3 Å². The Morgan fingerprint density at radius 1 is 1.09 bits per heavy atom. The van der Waals surface area contributed by atoms with Crippen molar-refractivity contribution in [2.24, 2.45) is 11.1 Å². The highest BCUT2D eigenvalue weighted by Gasteiger charge is 2.45. The molecule has 0 spiro atoms. The molecule has 1 atom stereocenters. The van der Waals surface area contributed by atoms with E-state index in [1.807, 2.05) is 35.2 Å². The zero-order valence-corrected chi connectivity index (χ0v) is 19.8. The van der Waals surface area contributed by atoms with Crippen LogP contribution in [0, 0.1) is 28.1 Å². The number of aryl methyl sites for hydroxylation is 1. The Morgan fingerprint density at radius 3 is 2.52 bits per heavy atom. The Balaban J connectivity index is 1.79. The van der Waals surface area contributed by atoms with Gasteiger partial charge in [0.15, 0.2) is 5.78 Å². The van der Waals surface area contributed by atoms with Gasteiger partial charge >= 0.3 is 0 Å². The first-order chi connectivity index (χ1) is 15.9. The van der Waals surface area contributed by atoms with Crippen LogP contribution in [0.2, 0.25) is 0 Å². The smallest absolute Gasteiger partial charge is 0.162 e. The second-order valence-electron chi connectivity index (χ2n) is 9.89. The maximum Gasteiger partial charge on any atom is 0.162 e. The number of ketones is 1. The van der Waals surface area contributed by atoms with Crippen LogP contribution in [0.1, 0.15) is 67.0 Å². The molecule has 2 heterocycles. The predicted octanol–water partition coefficient (Wildman–Crippen LogP) is 5.44. The number of nitriles is 2. The van der Waals surface area contributed by atoms with Crippen molar-refractivity contribution in [2.45, 2.75) is 58.3 Å². The summed E-state index contributed by atoms with van der Waals surface area (Å²) in [5.41, 5.74) is 11.0. The molecule has 0 saturated heterocycles. The van der Waals surface area contributed by atoms with E-state index in [1.165, 1.54) is 4.88 Å². The zero-order valence-electron chi connectivity index (χ0n) is 18.9. The van der Waals surface area contributed by atoms with E-state index >= 15 is 0 Å². The number of anilines is 1. The third kappa shape index (κ3) is 3.37. The van der Waals surface area contributed by atoms with Crippen molar-refractivity contribution in [3.05, 3.63) is 74.6 Å². The molecule has 0 fully saturated rings. The summed E-state index contributed by atoms with van der Waals surface area (Å²) in [6.07, 6.45) is 5.11. The van der Waals surface area contributed by atoms with Crippen molar-refractivity contribution >= 4 is 22.1 Å². The van der Waals surface area contributed by atoms with E-state index in [4.69, 9.17) is 5.73 Å². The molecule has 0 radical (unpaired) electrons. The zero-order chi connectivity index (χ0) is 23.3. The molecule has 166 valence electrons. The molecule has 0 amide bonds. The van der Waals surface area contributed by atoms with E-state index in [9.17, 15) is 15.3 Å². The van der Waals surface area contributed by atoms with Gasteiger partial charge in [0.05, 0.1) is 23.1 Å². The number of rotatable bonds is 2. The van der Waals surface area contributed by atoms with Crippen molar-refractivity contribution in [3.63, 3.8) is 0 Å². The largest absolute Gasteiger partial charge is 0.384 e. The second kappa shape index (κ2) is 7.90. The lowest BCUT2D eigenvalue weighted by molar-refractivity contribution is -0.118. The number of carbonyl (C=O) groups excluding carboxylic acids is 1. The van der Waals surface area contributed by atoms with Crippen molar-refractivity contribution in [2.75, 3.05) is 4.90 Å². The highest BCUT2D eigenvalue weighted by Crippen LogP contribution is 2.52. The van der Waals surface area contributed by atoms with Crippen LogP contribution in [-0.2, 0) is 17.6 Å². The molecule has 0 bridgehead atoms. The molecule has 2 N–H and O–H groups in total. The average molecular weight is 455 g/mol. The monoisotopic (exact) mass is 454 g/mol. The molecule has 2 aliphatic carbocycles. The number of hydrogen-bond donors (Lipinski definition) is 1. The maximum atomic E-state index is 13.6. The van der Waals surface area contributed by atoms with Crippen LogP contribution in [-0.4, -0.2) is 5.78 Å². The number of nitrogens with zero attached hydrogens (tertiary/aromatic N) is 3. The number of Topliss-reactive ketones (excluding diaryl/α,β-unsaturated/α-hetero) is 1. The third-order valence-electron chi connectivity index (χ3n) is 6.98. The van der Waals surface area contributed by atoms with Gasteiger partial charge in [-0.05, 0) is 48.6 Å². The van der Waals surface area contributed by atoms with Gasteiger partial charge in [-0.3, -0.25) is 9.69 Å². The van der Waals surface area contributed by atoms with Crippen LogP contribution in [0.25, 0.3) is 0 Å².